The number of aromatic amines is 1. The number of H-pyrrole nitrogens is 1. The molecule has 0 spiro atoms. The van der Waals surface area contributed by atoms with Crippen LogP contribution in [0.2, 0.25) is 0 Å². The van der Waals surface area contributed by atoms with E-state index in [-0.39, 0.29) is 0 Å². The van der Waals surface area contributed by atoms with E-state index >= 15 is 0 Å². The van der Waals surface area contributed by atoms with Crippen molar-refractivity contribution in [1.29, 1.82) is 0 Å². The number of hydrogen-bond acceptors (Lipinski definition) is 7. The quantitative estimate of drug-likeness (QED) is 0.565. The van der Waals surface area contributed by atoms with Crippen LogP contribution in [0.3, 0.4) is 0 Å². The Morgan fingerprint density at radius 1 is 1.28 bits per heavy atom. The van der Waals surface area contributed by atoms with Crippen molar-refractivity contribution in [2.75, 3.05) is 50.7 Å². The number of fused-ring (bicyclic) bond motifs is 1. The van der Waals surface area contributed by atoms with Crippen molar-refractivity contribution < 1.29 is 4.74 Å². The molecule has 2 aliphatic rings. The van der Waals surface area contributed by atoms with Crippen molar-refractivity contribution in [3.8, 4) is 0 Å². The molecule has 152 valence electrons. The maximum absolute atomic E-state index is 5.46. The van der Waals surface area contributed by atoms with E-state index in [1.807, 2.05) is 11.8 Å². The molecular weight excluding hydrogens is 420 g/mol. The van der Waals surface area contributed by atoms with Gasteiger partial charge in [-0.05, 0) is 35.5 Å². The van der Waals surface area contributed by atoms with Crippen molar-refractivity contribution in [3.05, 3.63) is 47.5 Å². The highest BCUT2D eigenvalue weighted by Gasteiger charge is 2.25. The SMILES string of the molecule is CN(Sc1cccs1)c1cccc2cc(C3=NCC(CN4CCOCC4)S3)[nH]c12. The minimum atomic E-state index is 0.533. The van der Waals surface area contributed by atoms with Crippen LogP contribution in [0.5, 0.6) is 0 Å². The molecule has 1 atom stereocenters. The number of nitrogens with zero attached hydrogens (tertiary/aromatic N) is 3. The normalized spacial score (nSPS) is 20.3. The second kappa shape index (κ2) is 8.73. The van der Waals surface area contributed by atoms with Crippen molar-refractivity contribution in [2.24, 2.45) is 4.99 Å². The topological polar surface area (TPSA) is 43.9 Å². The number of anilines is 1. The molecule has 2 aliphatic heterocycles. The predicted molar refractivity (Wildman–Crippen MR) is 127 cm³/mol. The minimum absolute atomic E-state index is 0.533. The second-order valence-corrected chi connectivity index (χ2v) is 10.9. The van der Waals surface area contributed by atoms with Gasteiger partial charge in [-0.25, -0.2) is 0 Å². The first-order chi connectivity index (χ1) is 14.3. The van der Waals surface area contributed by atoms with Crippen molar-refractivity contribution in [2.45, 2.75) is 9.46 Å². The van der Waals surface area contributed by atoms with Crippen LogP contribution in [0.25, 0.3) is 10.9 Å². The van der Waals surface area contributed by atoms with Gasteiger partial charge in [0.25, 0.3) is 0 Å². The Hall–Kier alpha value is -1.45. The van der Waals surface area contributed by atoms with E-state index in [0.717, 1.165) is 50.1 Å². The highest BCUT2D eigenvalue weighted by atomic mass is 32.2. The third-order valence-corrected chi connectivity index (χ3v) is 8.37. The summed E-state index contributed by atoms with van der Waals surface area (Å²) in [7, 11) is 2.12. The van der Waals surface area contributed by atoms with E-state index in [1.165, 1.54) is 20.8 Å². The van der Waals surface area contributed by atoms with Crippen LogP contribution in [0.4, 0.5) is 5.69 Å². The van der Waals surface area contributed by atoms with Gasteiger partial charge < -0.3 is 14.0 Å². The lowest BCUT2D eigenvalue weighted by molar-refractivity contribution is 0.0385. The summed E-state index contributed by atoms with van der Waals surface area (Å²) in [6.07, 6.45) is 0. The van der Waals surface area contributed by atoms with E-state index in [9.17, 15) is 0 Å². The summed E-state index contributed by atoms with van der Waals surface area (Å²) in [6, 6.07) is 13.0. The zero-order chi connectivity index (χ0) is 19.6. The first-order valence-corrected chi connectivity index (χ1v) is 12.4. The van der Waals surface area contributed by atoms with Crippen LogP contribution < -0.4 is 4.31 Å². The summed E-state index contributed by atoms with van der Waals surface area (Å²) in [5.41, 5.74) is 3.51. The van der Waals surface area contributed by atoms with Gasteiger partial charge in [0.1, 0.15) is 5.04 Å². The van der Waals surface area contributed by atoms with E-state index < -0.39 is 0 Å². The lowest BCUT2D eigenvalue weighted by atomic mass is 10.2. The molecule has 4 heterocycles. The average Bonchev–Trinajstić information content (AvgIpc) is 3.48. The summed E-state index contributed by atoms with van der Waals surface area (Å²) < 4.78 is 8.99. The molecule has 0 saturated carbocycles. The first-order valence-electron chi connectivity index (χ1n) is 9.85. The van der Waals surface area contributed by atoms with Crippen LogP contribution in [0.1, 0.15) is 5.69 Å². The first kappa shape index (κ1) is 19.5. The van der Waals surface area contributed by atoms with Crippen LogP contribution in [0.15, 0.2) is 51.0 Å². The minimum Gasteiger partial charge on any atom is -0.379 e. The Labute approximate surface area is 183 Å². The molecule has 1 aromatic carbocycles. The molecule has 0 amide bonds. The number of benzene rings is 1. The van der Waals surface area contributed by atoms with Gasteiger partial charge >= 0.3 is 0 Å². The molecule has 5 rings (SSSR count). The maximum Gasteiger partial charge on any atom is 0.114 e. The summed E-state index contributed by atoms with van der Waals surface area (Å²) in [5, 5.41) is 5.02. The zero-order valence-electron chi connectivity index (χ0n) is 16.3. The van der Waals surface area contributed by atoms with Crippen LogP contribution in [-0.2, 0) is 4.74 Å². The molecule has 1 unspecified atom stereocenters. The fourth-order valence-corrected chi connectivity index (χ4v) is 6.67. The van der Waals surface area contributed by atoms with E-state index in [4.69, 9.17) is 9.73 Å². The lowest BCUT2D eigenvalue weighted by Gasteiger charge is -2.28. The molecule has 8 heteroatoms. The molecule has 1 fully saturated rings. The Bertz CT molecular complexity index is 995. The molecule has 2 aromatic heterocycles. The number of thioether (sulfide) groups is 1. The van der Waals surface area contributed by atoms with Gasteiger partial charge in [0.15, 0.2) is 0 Å². The van der Waals surface area contributed by atoms with Gasteiger partial charge in [0.05, 0.1) is 40.9 Å². The molecule has 0 radical (unpaired) electrons. The maximum atomic E-state index is 5.46. The van der Waals surface area contributed by atoms with Gasteiger partial charge in [-0.3, -0.25) is 9.89 Å². The van der Waals surface area contributed by atoms with Crippen molar-refractivity contribution in [1.82, 2.24) is 9.88 Å². The third-order valence-electron chi connectivity index (χ3n) is 5.21. The highest BCUT2D eigenvalue weighted by Crippen LogP contribution is 2.36. The molecular formula is C21H24N4OS3. The van der Waals surface area contributed by atoms with E-state index in [1.54, 1.807) is 23.3 Å². The molecule has 1 N–H and O–H groups in total. The Morgan fingerprint density at radius 2 is 2.17 bits per heavy atom. The molecule has 5 nitrogen and oxygen atoms in total. The largest absolute Gasteiger partial charge is 0.379 e. The van der Waals surface area contributed by atoms with Gasteiger partial charge in [-0.1, -0.05) is 30.0 Å². The number of thiophene rings is 1. The number of aromatic nitrogens is 1. The van der Waals surface area contributed by atoms with E-state index in [0.29, 0.717) is 5.25 Å². The number of rotatable bonds is 6. The van der Waals surface area contributed by atoms with Crippen molar-refractivity contribution >= 4 is 56.7 Å². The standard InChI is InChI=1S/C21H24N4OS3/c1-24(29-19-6-3-11-27-19)18-5-2-4-15-12-17(23-20(15)18)21-22-13-16(28-21)14-25-7-9-26-10-8-25/h2-6,11-12,16,23H,7-10,13-14H2,1H3. The van der Waals surface area contributed by atoms with Gasteiger partial charge in [-0.2, -0.15) is 0 Å². The fourth-order valence-electron chi connectivity index (χ4n) is 3.75. The fraction of sp³-hybridized carbons (Fsp3) is 0.381. The third kappa shape index (κ3) is 4.36. The Balaban J connectivity index is 1.31. The highest BCUT2D eigenvalue weighted by molar-refractivity contribution is 8.15. The summed E-state index contributed by atoms with van der Waals surface area (Å²) in [5.74, 6) is 0. The predicted octanol–water partition coefficient (Wildman–Crippen LogP) is 4.57. The summed E-state index contributed by atoms with van der Waals surface area (Å²) in [4.78, 5) is 11.0. The number of ether oxygens (including phenoxy) is 1. The molecule has 0 aliphatic carbocycles. The number of para-hydroxylation sites is 1. The number of morpholine rings is 1. The zero-order valence-corrected chi connectivity index (χ0v) is 18.8. The Morgan fingerprint density at radius 3 is 3.00 bits per heavy atom. The van der Waals surface area contributed by atoms with Gasteiger partial charge in [-0.15, -0.1) is 11.3 Å². The van der Waals surface area contributed by atoms with Crippen LogP contribution in [0, 0.1) is 0 Å². The smallest absolute Gasteiger partial charge is 0.114 e. The molecule has 0 bridgehead atoms. The average molecular weight is 445 g/mol. The number of aliphatic imine (C=N–C) groups is 1. The number of hydrogen-bond donors (Lipinski definition) is 1. The van der Waals surface area contributed by atoms with Gasteiger partial charge in [0.2, 0.25) is 0 Å². The Kier molecular flexibility index (Phi) is 5.87. The molecule has 3 aromatic rings. The second-order valence-electron chi connectivity index (χ2n) is 7.24. The molecule has 29 heavy (non-hydrogen) atoms. The summed E-state index contributed by atoms with van der Waals surface area (Å²) >= 11 is 5.44. The lowest BCUT2D eigenvalue weighted by Crippen LogP contribution is -2.40. The van der Waals surface area contributed by atoms with E-state index in [2.05, 4.69) is 63.0 Å². The molecule has 1 saturated heterocycles. The number of nitrogens with one attached hydrogen (secondary N) is 1. The van der Waals surface area contributed by atoms with Crippen molar-refractivity contribution in [3.63, 3.8) is 0 Å². The van der Waals surface area contributed by atoms with Crippen LogP contribution in [-0.4, -0.2) is 66.6 Å². The monoisotopic (exact) mass is 444 g/mol. The summed E-state index contributed by atoms with van der Waals surface area (Å²) in [6.45, 7) is 5.77. The van der Waals surface area contributed by atoms with Crippen LogP contribution >= 0.6 is 35.0 Å². The van der Waals surface area contributed by atoms with Gasteiger partial charge in [0, 0.05) is 37.3 Å².